The largest absolute Gasteiger partial charge is 0.315 e. The van der Waals surface area contributed by atoms with Crippen LogP contribution < -0.4 is 10.0 Å². The lowest BCUT2D eigenvalue weighted by atomic mass is 10.1. The van der Waals surface area contributed by atoms with E-state index in [-0.39, 0.29) is 10.9 Å². The quantitative estimate of drug-likeness (QED) is 0.643. The molecular formula is C14H28N4O2S. The molecule has 0 bridgehead atoms. The average molecular weight is 316 g/mol. The molecule has 1 aromatic rings. The van der Waals surface area contributed by atoms with Gasteiger partial charge in [0.2, 0.25) is 10.0 Å². The van der Waals surface area contributed by atoms with Crippen molar-refractivity contribution >= 4 is 10.0 Å². The highest BCUT2D eigenvalue weighted by Gasteiger charge is 2.19. The summed E-state index contributed by atoms with van der Waals surface area (Å²) in [6, 6.07) is -0.0671. The van der Waals surface area contributed by atoms with Crippen molar-refractivity contribution in [3.05, 3.63) is 12.4 Å². The van der Waals surface area contributed by atoms with Gasteiger partial charge in [0, 0.05) is 18.8 Å². The highest BCUT2D eigenvalue weighted by atomic mass is 32.2. The molecular weight excluding hydrogens is 288 g/mol. The fraction of sp³-hybridized carbons (Fsp3) is 0.786. The highest BCUT2D eigenvalue weighted by Crippen LogP contribution is 2.11. The van der Waals surface area contributed by atoms with E-state index in [2.05, 4.69) is 29.0 Å². The first-order valence-electron chi connectivity index (χ1n) is 7.60. The molecule has 0 amide bonds. The summed E-state index contributed by atoms with van der Waals surface area (Å²) in [5.74, 6) is 0.575. The van der Waals surface area contributed by atoms with Crippen LogP contribution in [0.4, 0.5) is 0 Å². The Labute approximate surface area is 128 Å². The number of likely N-dealkylation sites (N-methyl/N-ethyl adjacent to an activating group) is 1. The van der Waals surface area contributed by atoms with Gasteiger partial charge in [0.1, 0.15) is 4.90 Å². The Morgan fingerprint density at radius 3 is 2.62 bits per heavy atom. The molecule has 1 atom stereocenters. The van der Waals surface area contributed by atoms with E-state index in [4.69, 9.17) is 0 Å². The average Bonchev–Trinajstić information content (AvgIpc) is 2.86. The zero-order valence-electron chi connectivity index (χ0n) is 13.5. The van der Waals surface area contributed by atoms with E-state index in [0.717, 1.165) is 25.9 Å². The van der Waals surface area contributed by atoms with Crippen molar-refractivity contribution in [2.75, 3.05) is 13.1 Å². The third-order valence-electron chi connectivity index (χ3n) is 3.22. The second-order valence-electron chi connectivity index (χ2n) is 5.79. The van der Waals surface area contributed by atoms with Gasteiger partial charge in [-0.05, 0) is 32.2 Å². The van der Waals surface area contributed by atoms with Gasteiger partial charge in [-0.2, -0.15) is 5.10 Å². The summed E-state index contributed by atoms with van der Waals surface area (Å²) >= 11 is 0. The van der Waals surface area contributed by atoms with E-state index < -0.39 is 10.0 Å². The molecule has 21 heavy (non-hydrogen) atoms. The molecule has 0 aromatic carbocycles. The molecule has 0 saturated carbocycles. The molecule has 1 aromatic heterocycles. The Balaban J connectivity index is 2.57. The zero-order valence-corrected chi connectivity index (χ0v) is 14.3. The van der Waals surface area contributed by atoms with Crippen molar-refractivity contribution in [1.29, 1.82) is 0 Å². The lowest BCUT2D eigenvalue weighted by Gasteiger charge is -2.14. The minimum atomic E-state index is -3.47. The molecule has 2 N–H and O–H groups in total. The standard InChI is InChI=1S/C14H28N4O2S/c1-5-15-8-9-18-11-14(10-16-18)21(19,20)17-13(4)7-6-12(2)3/h10-13,15,17H,5-9H2,1-4H3. The smallest absolute Gasteiger partial charge is 0.243 e. The van der Waals surface area contributed by atoms with E-state index in [9.17, 15) is 8.42 Å². The number of rotatable bonds is 10. The maximum atomic E-state index is 12.3. The summed E-state index contributed by atoms with van der Waals surface area (Å²) in [5.41, 5.74) is 0. The van der Waals surface area contributed by atoms with Crippen LogP contribution in [-0.4, -0.2) is 37.3 Å². The Bertz CT molecular complexity index is 511. The number of aromatic nitrogens is 2. The van der Waals surface area contributed by atoms with Gasteiger partial charge in [-0.3, -0.25) is 4.68 Å². The van der Waals surface area contributed by atoms with Gasteiger partial charge in [-0.1, -0.05) is 20.8 Å². The van der Waals surface area contributed by atoms with Gasteiger partial charge in [-0.15, -0.1) is 0 Å². The molecule has 0 saturated heterocycles. The number of hydrogen-bond donors (Lipinski definition) is 2. The number of hydrogen-bond acceptors (Lipinski definition) is 4. The van der Waals surface area contributed by atoms with Gasteiger partial charge >= 0.3 is 0 Å². The van der Waals surface area contributed by atoms with Crippen molar-refractivity contribution < 1.29 is 8.42 Å². The van der Waals surface area contributed by atoms with Crippen LogP contribution in [0.3, 0.4) is 0 Å². The Morgan fingerprint density at radius 1 is 1.29 bits per heavy atom. The summed E-state index contributed by atoms with van der Waals surface area (Å²) < 4.78 is 28.9. The molecule has 122 valence electrons. The SMILES string of the molecule is CCNCCn1cc(S(=O)(=O)NC(C)CCC(C)C)cn1. The molecule has 1 unspecified atom stereocenters. The second kappa shape index (κ2) is 8.51. The molecule has 1 heterocycles. The number of nitrogens with one attached hydrogen (secondary N) is 2. The van der Waals surface area contributed by atoms with Gasteiger partial charge in [-0.25, -0.2) is 13.1 Å². The zero-order chi connectivity index (χ0) is 15.9. The van der Waals surface area contributed by atoms with Crippen LogP contribution >= 0.6 is 0 Å². The summed E-state index contributed by atoms with van der Waals surface area (Å²) in [4.78, 5) is 0.232. The molecule has 0 aliphatic rings. The summed E-state index contributed by atoms with van der Waals surface area (Å²) in [6.07, 6.45) is 4.83. The van der Waals surface area contributed by atoms with Crippen molar-refractivity contribution in [3.63, 3.8) is 0 Å². The molecule has 0 aliphatic carbocycles. The van der Waals surface area contributed by atoms with Crippen molar-refractivity contribution in [2.24, 2.45) is 5.92 Å². The van der Waals surface area contributed by atoms with Crippen LogP contribution in [0, 0.1) is 5.92 Å². The Kier molecular flexibility index (Phi) is 7.34. The Morgan fingerprint density at radius 2 is 2.00 bits per heavy atom. The molecule has 1 rings (SSSR count). The van der Waals surface area contributed by atoms with Gasteiger partial charge in [0.05, 0.1) is 12.7 Å². The lowest BCUT2D eigenvalue weighted by Crippen LogP contribution is -2.32. The molecule has 0 aliphatic heterocycles. The third-order valence-corrected chi connectivity index (χ3v) is 4.76. The fourth-order valence-corrected chi connectivity index (χ4v) is 3.18. The summed E-state index contributed by atoms with van der Waals surface area (Å²) in [6.45, 7) is 10.5. The summed E-state index contributed by atoms with van der Waals surface area (Å²) in [7, 11) is -3.47. The van der Waals surface area contributed by atoms with E-state index in [0.29, 0.717) is 12.5 Å². The third kappa shape index (κ3) is 6.58. The topological polar surface area (TPSA) is 76.0 Å². The number of sulfonamides is 1. The van der Waals surface area contributed by atoms with E-state index in [1.165, 1.54) is 6.20 Å². The molecule has 0 radical (unpaired) electrons. The van der Waals surface area contributed by atoms with Crippen LogP contribution in [0.1, 0.15) is 40.5 Å². The van der Waals surface area contributed by atoms with Crippen molar-refractivity contribution in [3.8, 4) is 0 Å². The Hall–Kier alpha value is -0.920. The minimum Gasteiger partial charge on any atom is -0.315 e. The van der Waals surface area contributed by atoms with Crippen LogP contribution in [0.2, 0.25) is 0 Å². The maximum absolute atomic E-state index is 12.3. The monoisotopic (exact) mass is 316 g/mol. The van der Waals surface area contributed by atoms with Crippen LogP contribution in [-0.2, 0) is 16.6 Å². The van der Waals surface area contributed by atoms with Gasteiger partial charge < -0.3 is 5.32 Å². The van der Waals surface area contributed by atoms with E-state index in [1.54, 1.807) is 10.9 Å². The number of nitrogens with zero attached hydrogens (tertiary/aromatic N) is 2. The molecule has 7 heteroatoms. The summed E-state index contributed by atoms with van der Waals surface area (Å²) in [5, 5.41) is 7.27. The normalized spacial score (nSPS) is 13.8. The minimum absolute atomic E-state index is 0.0671. The lowest BCUT2D eigenvalue weighted by molar-refractivity contribution is 0.485. The van der Waals surface area contributed by atoms with Crippen LogP contribution in [0.15, 0.2) is 17.3 Å². The fourth-order valence-electron chi connectivity index (χ4n) is 1.95. The molecule has 0 spiro atoms. The second-order valence-corrected chi connectivity index (χ2v) is 7.50. The van der Waals surface area contributed by atoms with Crippen LogP contribution in [0.5, 0.6) is 0 Å². The predicted molar refractivity (Wildman–Crippen MR) is 84.6 cm³/mol. The molecule has 0 fully saturated rings. The first-order valence-corrected chi connectivity index (χ1v) is 9.09. The van der Waals surface area contributed by atoms with E-state index >= 15 is 0 Å². The van der Waals surface area contributed by atoms with Crippen LogP contribution in [0.25, 0.3) is 0 Å². The maximum Gasteiger partial charge on any atom is 0.243 e. The highest BCUT2D eigenvalue weighted by molar-refractivity contribution is 7.89. The molecule has 6 nitrogen and oxygen atoms in total. The van der Waals surface area contributed by atoms with Gasteiger partial charge in [0.25, 0.3) is 0 Å². The predicted octanol–water partition coefficient (Wildman–Crippen LogP) is 1.60. The van der Waals surface area contributed by atoms with E-state index in [1.807, 2.05) is 13.8 Å². The first-order chi connectivity index (χ1) is 9.85. The van der Waals surface area contributed by atoms with Gasteiger partial charge in [0.15, 0.2) is 0 Å². The first kappa shape index (κ1) is 18.1. The van der Waals surface area contributed by atoms with Crippen molar-refractivity contribution in [2.45, 2.75) is 58.0 Å². The van der Waals surface area contributed by atoms with Crippen molar-refractivity contribution in [1.82, 2.24) is 19.8 Å².